The van der Waals surface area contributed by atoms with Crippen LogP contribution in [0.2, 0.25) is 0 Å². The van der Waals surface area contributed by atoms with Crippen LogP contribution >= 0.6 is 0 Å². The average Bonchev–Trinajstić information content (AvgIpc) is 3.06. The summed E-state index contributed by atoms with van der Waals surface area (Å²) in [5, 5.41) is 31.8. The lowest BCUT2D eigenvalue weighted by atomic mass is 9.95. The van der Waals surface area contributed by atoms with Crippen molar-refractivity contribution in [3.05, 3.63) is 35.9 Å². The molecule has 53 heavy (non-hydrogen) atoms. The van der Waals surface area contributed by atoms with Gasteiger partial charge in [-0.2, -0.15) is 0 Å². The van der Waals surface area contributed by atoms with Crippen LogP contribution in [-0.2, 0) is 40.0 Å². The van der Waals surface area contributed by atoms with E-state index in [-0.39, 0.29) is 31.2 Å². The second-order valence-electron chi connectivity index (χ2n) is 14.9. The van der Waals surface area contributed by atoms with E-state index in [0.29, 0.717) is 36.9 Å². The molecule has 0 aliphatic heterocycles. The van der Waals surface area contributed by atoms with E-state index in [9.17, 15) is 43.8 Å². The molecule has 2 unspecified atom stereocenters. The van der Waals surface area contributed by atoms with E-state index < -0.39 is 78.1 Å². The Labute approximate surface area is 313 Å². The Morgan fingerprint density at radius 2 is 1.13 bits per heavy atom. The molecule has 0 heterocycles. The number of nitrogens with one attached hydrogen (secondary N) is 5. The molecule has 0 aromatic heterocycles. The first-order chi connectivity index (χ1) is 24.8. The topological polar surface area (TPSA) is 223 Å². The summed E-state index contributed by atoms with van der Waals surface area (Å²) in [5.74, 6) is -6.32. The van der Waals surface area contributed by atoms with Crippen LogP contribution in [0.15, 0.2) is 30.3 Å². The maximum atomic E-state index is 14.0. The van der Waals surface area contributed by atoms with Crippen molar-refractivity contribution in [3.63, 3.8) is 0 Å². The summed E-state index contributed by atoms with van der Waals surface area (Å²) < 4.78 is 0. The van der Waals surface area contributed by atoms with Crippen LogP contribution in [0.3, 0.4) is 0 Å². The highest BCUT2D eigenvalue weighted by Gasteiger charge is 2.35. The van der Waals surface area contributed by atoms with Gasteiger partial charge in [0.1, 0.15) is 30.2 Å². The van der Waals surface area contributed by atoms with Crippen molar-refractivity contribution < 1.29 is 43.8 Å². The van der Waals surface area contributed by atoms with E-state index in [1.54, 1.807) is 51.1 Å². The summed E-state index contributed by atoms with van der Waals surface area (Å²) in [7, 11) is 0. The van der Waals surface area contributed by atoms with Crippen molar-refractivity contribution in [2.45, 2.75) is 118 Å². The number of benzene rings is 1. The normalized spacial score (nSPS) is 14.8. The number of carboxylic acid groups (broad SMARTS) is 2. The molecule has 1 rings (SSSR count). The molecule has 5 amide bonds. The van der Waals surface area contributed by atoms with E-state index in [0.717, 1.165) is 0 Å². The van der Waals surface area contributed by atoms with Crippen LogP contribution in [0, 0.1) is 23.7 Å². The molecule has 15 heteroatoms. The number of carbonyl (C=O) groups is 7. The average molecular weight is 747 g/mol. The highest BCUT2D eigenvalue weighted by Crippen LogP contribution is 2.13. The fourth-order valence-corrected chi connectivity index (χ4v) is 5.73. The maximum Gasteiger partial charge on any atom is 0.326 e. The zero-order valence-corrected chi connectivity index (χ0v) is 32.7. The van der Waals surface area contributed by atoms with Gasteiger partial charge in [-0.05, 0) is 35.7 Å². The molecule has 7 N–H and O–H groups in total. The van der Waals surface area contributed by atoms with Crippen molar-refractivity contribution >= 4 is 41.5 Å². The summed E-state index contributed by atoms with van der Waals surface area (Å²) in [6.07, 6.45) is -0.420. The molecule has 0 spiro atoms. The lowest BCUT2D eigenvalue weighted by Crippen LogP contribution is -2.61. The van der Waals surface area contributed by atoms with Crippen LogP contribution in [-0.4, -0.2) is 106 Å². The first-order valence-electron chi connectivity index (χ1n) is 18.5. The molecule has 0 aliphatic rings. The Hall–Kier alpha value is -4.53. The fourth-order valence-electron chi connectivity index (χ4n) is 5.73. The summed E-state index contributed by atoms with van der Waals surface area (Å²) >= 11 is 0. The molecule has 15 nitrogen and oxygen atoms in total. The van der Waals surface area contributed by atoms with Crippen molar-refractivity contribution in [2.75, 3.05) is 19.6 Å². The number of rotatable bonds is 24. The van der Waals surface area contributed by atoms with Crippen LogP contribution in [0.4, 0.5) is 0 Å². The Morgan fingerprint density at radius 3 is 1.60 bits per heavy atom. The predicted octanol–water partition coefficient (Wildman–Crippen LogP) is 1.94. The number of nitrogens with zero attached hydrogens (tertiary/aromatic N) is 1. The third-order valence-corrected chi connectivity index (χ3v) is 8.62. The Bertz CT molecular complexity index is 1360. The Kier molecular flexibility index (Phi) is 20.4. The Morgan fingerprint density at radius 1 is 0.623 bits per heavy atom. The van der Waals surface area contributed by atoms with Crippen LogP contribution in [0.1, 0.15) is 87.1 Å². The molecule has 6 atom stereocenters. The molecule has 298 valence electrons. The van der Waals surface area contributed by atoms with E-state index >= 15 is 0 Å². The lowest BCUT2D eigenvalue weighted by molar-refractivity contribution is -0.143. The molecular weight excluding hydrogens is 684 g/mol. The smallest absolute Gasteiger partial charge is 0.326 e. The van der Waals surface area contributed by atoms with E-state index in [1.165, 1.54) is 6.92 Å². The highest BCUT2D eigenvalue weighted by molar-refractivity contribution is 5.97. The standard InChI is InChI=1S/C38H62N6O9/c1-10-25(9)33(43-36(50)32(24(7)8)42-30(45)21-44(19-22(3)4)20-23(5)6)37(51)41-28(17-26-15-13-12-14-16-26)34(48)40-29(18-31(46)47)35(49)39-27(11-2)38(52)53/h12-16,22-25,27-29,32-33H,10-11,17-21H2,1-9H3,(H,39,49)(H,40,48)(H,41,51)(H,42,45)(H,43,50)(H,46,47)(H,52,53)/t25?,27?,28-,29-,32-,33-/m0/s1. The van der Waals surface area contributed by atoms with Gasteiger partial charge in [0.2, 0.25) is 29.5 Å². The largest absolute Gasteiger partial charge is 0.481 e. The number of hydrogen-bond acceptors (Lipinski definition) is 8. The summed E-state index contributed by atoms with van der Waals surface area (Å²) in [5.41, 5.74) is 0.639. The summed E-state index contributed by atoms with van der Waals surface area (Å²) in [4.78, 5) is 92.8. The lowest BCUT2D eigenvalue weighted by Gasteiger charge is -2.30. The zero-order valence-electron chi connectivity index (χ0n) is 32.7. The first-order valence-corrected chi connectivity index (χ1v) is 18.5. The minimum absolute atomic E-state index is 0.0142. The van der Waals surface area contributed by atoms with Gasteiger partial charge in [0.15, 0.2) is 0 Å². The summed E-state index contributed by atoms with van der Waals surface area (Å²) in [6, 6.07) is 2.30. The molecule has 1 aromatic rings. The van der Waals surface area contributed by atoms with Gasteiger partial charge in [-0.1, -0.05) is 99.1 Å². The number of carbonyl (C=O) groups excluding carboxylic acids is 5. The van der Waals surface area contributed by atoms with Gasteiger partial charge < -0.3 is 36.8 Å². The minimum Gasteiger partial charge on any atom is -0.481 e. The van der Waals surface area contributed by atoms with Crippen molar-refractivity contribution in [3.8, 4) is 0 Å². The monoisotopic (exact) mass is 746 g/mol. The first kappa shape index (κ1) is 46.5. The fraction of sp³-hybridized carbons (Fsp3) is 0.658. The molecule has 1 aromatic carbocycles. The van der Waals surface area contributed by atoms with Crippen LogP contribution in [0.25, 0.3) is 0 Å². The van der Waals surface area contributed by atoms with Gasteiger partial charge in [-0.3, -0.25) is 33.7 Å². The highest BCUT2D eigenvalue weighted by atomic mass is 16.4. The van der Waals surface area contributed by atoms with E-state index in [4.69, 9.17) is 0 Å². The SMILES string of the molecule is CCC(NC(=O)[C@H](CC(=O)O)NC(=O)[C@H](Cc1ccccc1)NC(=O)[C@@H](NC(=O)[C@@H](NC(=O)CN(CC(C)C)CC(C)C)C(C)C)C(C)CC)C(=O)O. The maximum absolute atomic E-state index is 14.0. The van der Waals surface area contributed by atoms with Gasteiger partial charge >= 0.3 is 11.9 Å². The van der Waals surface area contributed by atoms with Gasteiger partial charge in [-0.15, -0.1) is 0 Å². The third-order valence-electron chi connectivity index (χ3n) is 8.62. The van der Waals surface area contributed by atoms with Gasteiger partial charge in [0, 0.05) is 19.5 Å². The number of amides is 5. The Balaban J connectivity index is 3.34. The molecular formula is C38H62N6O9. The van der Waals surface area contributed by atoms with E-state index in [1.807, 2.05) is 11.8 Å². The third kappa shape index (κ3) is 17.2. The number of carboxylic acids is 2. The van der Waals surface area contributed by atoms with Gasteiger partial charge in [0.05, 0.1) is 13.0 Å². The van der Waals surface area contributed by atoms with Gasteiger partial charge in [-0.25, -0.2) is 4.79 Å². The van der Waals surface area contributed by atoms with Crippen molar-refractivity contribution in [1.29, 1.82) is 0 Å². The van der Waals surface area contributed by atoms with Crippen molar-refractivity contribution in [2.24, 2.45) is 23.7 Å². The van der Waals surface area contributed by atoms with Crippen molar-refractivity contribution in [1.82, 2.24) is 31.5 Å². The second-order valence-corrected chi connectivity index (χ2v) is 14.9. The minimum atomic E-state index is -1.65. The summed E-state index contributed by atoms with van der Waals surface area (Å²) in [6.45, 7) is 18.5. The molecule has 0 saturated heterocycles. The van der Waals surface area contributed by atoms with Gasteiger partial charge in [0.25, 0.3) is 0 Å². The van der Waals surface area contributed by atoms with E-state index in [2.05, 4.69) is 54.3 Å². The zero-order chi connectivity index (χ0) is 40.4. The van der Waals surface area contributed by atoms with Crippen LogP contribution < -0.4 is 26.6 Å². The molecule has 0 radical (unpaired) electrons. The second kappa shape index (κ2) is 23.2. The number of hydrogen-bond donors (Lipinski definition) is 7. The predicted molar refractivity (Wildman–Crippen MR) is 200 cm³/mol. The molecule has 0 aliphatic carbocycles. The number of aliphatic carboxylic acids is 2. The van der Waals surface area contributed by atoms with Crippen LogP contribution in [0.5, 0.6) is 0 Å². The molecule has 0 saturated carbocycles. The molecule has 0 fully saturated rings. The molecule has 0 bridgehead atoms. The quantitative estimate of drug-likeness (QED) is 0.0815.